The Bertz CT molecular complexity index is 1330. The van der Waals surface area contributed by atoms with Gasteiger partial charge < -0.3 is 24.1 Å². The van der Waals surface area contributed by atoms with Crippen molar-refractivity contribution >= 4 is 34.4 Å². The van der Waals surface area contributed by atoms with E-state index in [1.54, 1.807) is 26.2 Å². The summed E-state index contributed by atoms with van der Waals surface area (Å²) in [5.74, 6) is 0.504. The van der Waals surface area contributed by atoms with Crippen molar-refractivity contribution in [3.05, 3.63) is 68.7 Å². The summed E-state index contributed by atoms with van der Waals surface area (Å²) < 4.78 is 8.14. The standard InChI is InChI=1S/C25H28N4O4/c1-4-33-18-10-7-17(8-11-18)9-12-23(30)26-19-15-21-22(16-20(19)29-13-5-6-14-29)28(3)25(32)24(31)27(21)2/h7-12,15-16H,4-6,13-14H2,1-3H3,(H,26,30)/b12-9+. The lowest BCUT2D eigenvalue weighted by Crippen LogP contribution is -2.39. The zero-order valence-corrected chi connectivity index (χ0v) is 19.1. The first-order valence-electron chi connectivity index (χ1n) is 11.1. The molecule has 1 amide bonds. The molecule has 0 spiro atoms. The smallest absolute Gasteiger partial charge is 0.316 e. The summed E-state index contributed by atoms with van der Waals surface area (Å²) in [5.41, 5.74) is 2.38. The zero-order chi connectivity index (χ0) is 23.5. The number of aromatic nitrogens is 2. The van der Waals surface area contributed by atoms with E-state index in [4.69, 9.17) is 4.74 Å². The SMILES string of the molecule is CCOc1ccc(/C=C/C(=O)Nc2cc3c(cc2N2CCCC2)n(C)c(=O)c(=O)n3C)cc1. The molecule has 2 aromatic carbocycles. The third kappa shape index (κ3) is 4.55. The first-order chi connectivity index (χ1) is 15.9. The van der Waals surface area contributed by atoms with Gasteiger partial charge in [-0.1, -0.05) is 12.1 Å². The number of carbonyl (C=O) groups excluding carboxylic acids is 1. The van der Waals surface area contributed by atoms with Crippen molar-refractivity contribution in [3.63, 3.8) is 0 Å². The van der Waals surface area contributed by atoms with Crippen LogP contribution in [-0.2, 0) is 18.9 Å². The van der Waals surface area contributed by atoms with Crippen LogP contribution in [0.4, 0.5) is 11.4 Å². The number of rotatable bonds is 6. The number of nitrogens with zero attached hydrogens (tertiary/aromatic N) is 3. The number of aryl methyl sites for hydroxylation is 2. The molecule has 1 aliphatic heterocycles. The van der Waals surface area contributed by atoms with Gasteiger partial charge in [0.05, 0.1) is 29.0 Å². The predicted octanol–water partition coefficient (Wildman–Crippen LogP) is 2.89. The highest BCUT2D eigenvalue weighted by atomic mass is 16.5. The first-order valence-corrected chi connectivity index (χ1v) is 11.1. The quantitative estimate of drug-likeness (QED) is 0.463. The van der Waals surface area contributed by atoms with Crippen LogP contribution in [0, 0.1) is 0 Å². The van der Waals surface area contributed by atoms with Crippen LogP contribution in [0.25, 0.3) is 17.1 Å². The van der Waals surface area contributed by atoms with Crippen molar-refractivity contribution in [2.45, 2.75) is 19.8 Å². The highest BCUT2D eigenvalue weighted by molar-refractivity contribution is 6.05. The summed E-state index contributed by atoms with van der Waals surface area (Å²) in [5, 5.41) is 2.97. The molecule has 172 valence electrons. The molecule has 0 saturated carbocycles. The molecular formula is C25H28N4O4. The van der Waals surface area contributed by atoms with Gasteiger partial charge in [0.15, 0.2) is 0 Å². The van der Waals surface area contributed by atoms with Crippen LogP contribution < -0.4 is 26.1 Å². The number of fused-ring (bicyclic) bond motifs is 1. The molecule has 3 aromatic rings. The van der Waals surface area contributed by atoms with Crippen LogP contribution in [0.3, 0.4) is 0 Å². The molecule has 0 bridgehead atoms. The van der Waals surface area contributed by atoms with E-state index in [0.717, 1.165) is 42.9 Å². The molecule has 0 aliphatic carbocycles. The number of benzene rings is 2. The normalized spacial score (nSPS) is 13.7. The number of ether oxygens (including phenoxy) is 1. The highest BCUT2D eigenvalue weighted by Crippen LogP contribution is 2.32. The van der Waals surface area contributed by atoms with Gasteiger partial charge in [0.25, 0.3) is 0 Å². The fraction of sp³-hybridized carbons (Fsp3) is 0.320. The van der Waals surface area contributed by atoms with Crippen molar-refractivity contribution in [1.29, 1.82) is 0 Å². The molecule has 8 heteroatoms. The molecule has 8 nitrogen and oxygen atoms in total. The Morgan fingerprint density at radius 2 is 1.61 bits per heavy atom. The number of anilines is 2. The van der Waals surface area contributed by atoms with Gasteiger partial charge in [0.2, 0.25) is 5.91 Å². The average molecular weight is 449 g/mol. The van der Waals surface area contributed by atoms with Gasteiger partial charge in [-0.2, -0.15) is 0 Å². The Balaban J connectivity index is 1.68. The van der Waals surface area contributed by atoms with Crippen molar-refractivity contribution in [2.24, 2.45) is 14.1 Å². The lowest BCUT2D eigenvalue weighted by molar-refractivity contribution is -0.111. The zero-order valence-electron chi connectivity index (χ0n) is 19.1. The van der Waals surface area contributed by atoms with Gasteiger partial charge in [-0.05, 0) is 55.7 Å². The molecule has 0 atom stereocenters. The van der Waals surface area contributed by atoms with Crippen LogP contribution >= 0.6 is 0 Å². The molecule has 33 heavy (non-hydrogen) atoms. The van der Waals surface area contributed by atoms with Gasteiger partial charge >= 0.3 is 11.1 Å². The molecular weight excluding hydrogens is 420 g/mol. The minimum Gasteiger partial charge on any atom is -0.494 e. The lowest BCUT2D eigenvalue weighted by atomic mass is 10.2. The molecule has 1 aliphatic rings. The Morgan fingerprint density at radius 3 is 2.21 bits per heavy atom. The van der Waals surface area contributed by atoms with E-state index < -0.39 is 11.1 Å². The Hall–Kier alpha value is -3.81. The van der Waals surface area contributed by atoms with Crippen LogP contribution in [0.15, 0.2) is 52.1 Å². The van der Waals surface area contributed by atoms with Crippen LogP contribution in [-0.4, -0.2) is 34.7 Å². The van der Waals surface area contributed by atoms with Crippen molar-refractivity contribution in [1.82, 2.24) is 9.13 Å². The summed E-state index contributed by atoms with van der Waals surface area (Å²) in [7, 11) is 3.16. The lowest BCUT2D eigenvalue weighted by Gasteiger charge is -2.23. The number of nitrogens with one attached hydrogen (secondary N) is 1. The number of hydrogen-bond acceptors (Lipinski definition) is 5. The minimum atomic E-state index is -0.605. The first kappa shape index (κ1) is 22.4. The maximum absolute atomic E-state index is 12.8. The molecule has 1 N–H and O–H groups in total. The maximum atomic E-state index is 12.8. The summed E-state index contributed by atoms with van der Waals surface area (Å²) in [6.45, 7) is 4.27. The van der Waals surface area contributed by atoms with Crippen molar-refractivity contribution in [3.8, 4) is 5.75 Å². The second-order valence-corrected chi connectivity index (χ2v) is 8.11. The molecule has 0 unspecified atom stereocenters. The number of amides is 1. The highest BCUT2D eigenvalue weighted by Gasteiger charge is 2.20. The fourth-order valence-electron chi connectivity index (χ4n) is 4.12. The summed E-state index contributed by atoms with van der Waals surface area (Å²) in [6, 6.07) is 11.1. The molecule has 1 saturated heterocycles. The summed E-state index contributed by atoms with van der Waals surface area (Å²) in [4.78, 5) is 39.6. The van der Waals surface area contributed by atoms with Crippen LogP contribution in [0.2, 0.25) is 0 Å². The third-order valence-electron chi connectivity index (χ3n) is 5.93. The maximum Gasteiger partial charge on any atom is 0.316 e. The van der Waals surface area contributed by atoms with Crippen molar-refractivity contribution < 1.29 is 9.53 Å². The van der Waals surface area contributed by atoms with Gasteiger partial charge in [-0.3, -0.25) is 14.4 Å². The monoisotopic (exact) mass is 448 g/mol. The summed E-state index contributed by atoms with van der Waals surface area (Å²) >= 11 is 0. The second-order valence-electron chi connectivity index (χ2n) is 8.11. The molecule has 1 fully saturated rings. The van der Waals surface area contributed by atoms with E-state index in [2.05, 4.69) is 10.2 Å². The Kier molecular flexibility index (Phi) is 6.35. The van der Waals surface area contributed by atoms with E-state index in [-0.39, 0.29) is 5.91 Å². The molecule has 4 rings (SSSR count). The van der Waals surface area contributed by atoms with E-state index in [9.17, 15) is 14.4 Å². The average Bonchev–Trinajstić information content (AvgIpc) is 3.35. The fourth-order valence-corrected chi connectivity index (χ4v) is 4.12. The number of hydrogen-bond donors (Lipinski definition) is 1. The second kappa shape index (κ2) is 9.36. The van der Waals surface area contributed by atoms with E-state index in [1.165, 1.54) is 15.2 Å². The minimum absolute atomic E-state index is 0.279. The third-order valence-corrected chi connectivity index (χ3v) is 5.93. The van der Waals surface area contributed by atoms with Gasteiger partial charge in [-0.25, -0.2) is 0 Å². The Morgan fingerprint density at radius 1 is 1.00 bits per heavy atom. The Labute approximate surface area is 191 Å². The van der Waals surface area contributed by atoms with Crippen LogP contribution in [0.1, 0.15) is 25.3 Å². The summed E-state index contributed by atoms with van der Waals surface area (Å²) in [6.07, 6.45) is 5.35. The van der Waals surface area contributed by atoms with Crippen molar-refractivity contribution in [2.75, 3.05) is 29.9 Å². The van der Waals surface area contributed by atoms with Gasteiger partial charge in [-0.15, -0.1) is 0 Å². The topological polar surface area (TPSA) is 85.6 Å². The molecule has 0 radical (unpaired) electrons. The van der Waals surface area contributed by atoms with Gasteiger partial charge in [0, 0.05) is 33.3 Å². The predicted molar refractivity (Wildman–Crippen MR) is 131 cm³/mol. The van der Waals surface area contributed by atoms with E-state index in [0.29, 0.717) is 23.3 Å². The van der Waals surface area contributed by atoms with E-state index >= 15 is 0 Å². The largest absolute Gasteiger partial charge is 0.494 e. The molecule has 1 aromatic heterocycles. The van der Waals surface area contributed by atoms with Crippen LogP contribution in [0.5, 0.6) is 5.75 Å². The van der Waals surface area contributed by atoms with Gasteiger partial charge in [0.1, 0.15) is 5.75 Å². The van der Waals surface area contributed by atoms with E-state index in [1.807, 2.05) is 37.3 Å². The number of carbonyl (C=O) groups is 1. The molecule has 2 heterocycles.